The summed E-state index contributed by atoms with van der Waals surface area (Å²) in [7, 11) is 0. The number of nitrogens with zero attached hydrogens (tertiary/aromatic N) is 1. The molecule has 0 aliphatic rings. The van der Waals surface area contributed by atoms with Crippen molar-refractivity contribution in [2.45, 2.75) is 96.9 Å². The molecule has 0 rings (SSSR count). The molecule has 0 heterocycles. The molecule has 3 nitrogen and oxygen atoms in total. The van der Waals surface area contributed by atoms with Gasteiger partial charge in [-0.15, -0.1) is 0 Å². The summed E-state index contributed by atoms with van der Waals surface area (Å²) in [6.07, 6.45) is 13.7. The molecule has 0 spiro atoms. The Morgan fingerprint density at radius 3 is 1.72 bits per heavy atom. The largest absolute Gasteiger partial charge is 0.264 e. The van der Waals surface area contributed by atoms with E-state index >= 15 is 0 Å². The van der Waals surface area contributed by atoms with Crippen LogP contribution in [0, 0.1) is 10.1 Å². The summed E-state index contributed by atoms with van der Waals surface area (Å²) in [5.41, 5.74) is 0. The van der Waals surface area contributed by atoms with Gasteiger partial charge in [0.05, 0.1) is 0 Å². The number of nitro groups is 1. The van der Waals surface area contributed by atoms with E-state index in [1.54, 1.807) is 0 Å². The second-order valence-corrected chi connectivity index (χ2v) is 5.34. The molecule has 0 aromatic carbocycles. The number of rotatable bonds is 13. The van der Waals surface area contributed by atoms with E-state index in [0.717, 1.165) is 32.1 Å². The van der Waals surface area contributed by atoms with E-state index in [2.05, 4.69) is 13.8 Å². The standard InChI is InChI=1S/C15H31NO2/c1-3-5-7-8-9-10-11-12-14-15(16(17)18)13-6-4-2/h15H,3-14H2,1-2H3. The minimum atomic E-state index is -0.287. The Morgan fingerprint density at radius 1 is 0.778 bits per heavy atom. The van der Waals surface area contributed by atoms with Crippen LogP contribution in [0.15, 0.2) is 0 Å². The van der Waals surface area contributed by atoms with Crippen molar-refractivity contribution in [3.05, 3.63) is 10.1 Å². The fraction of sp³-hybridized carbons (Fsp3) is 1.00. The van der Waals surface area contributed by atoms with Crippen molar-refractivity contribution in [2.75, 3.05) is 0 Å². The highest BCUT2D eigenvalue weighted by atomic mass is 16.6. The fourth-order valence-electron chi connectivity index (χ4n) is 2.31. The first-order chi connectivity index (χ1) is 8.72. The van der Waals surface area contributed by atoms with Crippen LogP contribution in [-0.4, -0.2) is 11.0 Å². The van der Waals surface area contributed by atoms with Gasteiger partial charge in [0.1, 0.15) is 0 Å². The van der Waals surface area contributed by atoms with Crippen LogP contribution in [0.25, 0.3) is 0 Å². The molecule has 0 aromatic rings. The zero-order chi connectivity index (χ0) is 13.6. The van der Waals surface area contributed by atoms with Crippen molar-refractivity contribution in [2.24, 2.45) is 0 Å². The van der Waals surface area contributed by atoms with Crippen molar-refractivity contribution >= 4 is 0 Å². The van der Waals surface area contributed by atoms with Gasteiger partial charge in [0.15, 0.2) is 0 Å². The third-order valence-electron chi connectivity index (χ3n) is 3.58. The van der Waals surface area contributed by atoms with Crippen molar-refractivity contribution < 1.29 is 4.92 Å². The van der Waals surface area contributed by atoms with Gasteiger partial charge in [-0.3, -0.25) is 10.1 Å². The summed E-state index contributed by atoms with van der Waals surface area (Å²) in [6, 6.07) is -0.287. The van der Waals surface area contributed by atoms with Gasteiger partial charge in [0, 0.05) is 17.8 Å². The predicted molar refractivity (Wildman–Crippen MR) is 77.5 cm³/mol. The molecule has 0 aliphatic heterocycles. The molecule has 0 aliphatic carbocycles. The van der Waals surface area contributed by atoms with Crippen LogP contribution in [0.4, 0.5) is 0 Å². The molecule has 0 aromatic heterocycles. The summed E-state index contributed by atoms with van der Waals surface area (Å²) in [5.74, 6) is 0. The molecule has 18 heavy (non-hydrogen) atoms. The summed E-state index contributed by atoms with van der Waals surface area (Å²) < 4.78 is 0. The maximum atomic E-state index is 10.8. The minimum Gasteiger partial charge on any atom is -0.264 e. The maximum Gasteiger partial charge on any atom is 0.213 e. The van der Waals surface area contributed by atoms with Crippen LogP contribution < -0.4 is 0 Å². The van der Waals surface area contributed by atoms with Gasteiger partial charge in [-0.1, -0.05) is 65.2 Å². The van der Waals surface area contributed by atoms with Gasteiger partial charge in [0.25, 0.3) is 0 Å². The summed E-state index contributed by atoms with van der Waals surface area (Å²) in [4.78, 5) is 10.8. The molecular weight excluding hydrogens is 226 g/mol. The van der Waals surface area contributed by atoms with Crippen molar-refractivity contribution in [1.29, 1.82) is 0 Å². The van der Waals surface area contributed by atoms with E-state index in [4.69, 9.17) is 0 Å². The quantitative estimate of drug-likeness (QED) is 0.253. The predicted octanol–water partition coefficient (Wildman–Crippen LogP) is 5.35. The topological polar surface area (TPSA) is 43.1 Å². The molecule has 1 atom stereocenters. The molecule has 108 valence electrons. The van der Waals surface area contributed by atoms with Crippen LogP contribution in [0.2, 0.25) is 0 Å². The first-order valence-corrected chi connectivity index (χ1v) is 7.85. The first kappa shape index (κ1) is 17.4. The Morgan fingerprint density at radius 2 is 1.22 bits per heavy atom. The third-order valence-corrected chi connectivity index (χ3v) is 3.58. The first-order valence-electron chi connectivity index (χ1n) is 7.85. The second-order valence-electron chi connectivity index (χ2n) is 5.34. The highest BCUT2D eigenvalue weighted by Crippen LogP contribution is 2.14. The molecule has 1 unspecified atom stereocenters. The van der Waals surface area contributed by atoms with Crippen LogP contribution in [0.3, 0.4) is 0 Å². The Kier molecular flexibility index (Phi) is 12.4. The molecule has 0 N–H and O–H groups in total. The number of hydrogen-bond donors (Lipinski definition) is 0. The third kappa shape index (κ3) is 10.5. The lowest BCUT2D eigenvalue weighted by molar-refractivity contribution is -0.524. The van der Waals surface area contributed by atoms with Crippen LogP contribution in [0.5, 0.6) is 0 Å². The van der Waals surface area contributed by atoms with Gasteiger partial charge < -0.3 is 0 Å². The van der Waals surface area contributed by atoms with Crippen LogP contribution >= 0.6 is 0 Å². The van der Waals surface area contributed by atoms with E-state index in [1.165, 1.54) is 44.9 Å². The average molecular weight is 257 g/mol. The Balaban J connectivity index is 3.40. The molecule has 0 saturated heterocycles. The lowest BCUT2D eigenvalue weighted by Gasteiger charge is -2.08. The highest BCUT2D eigenvalue weighted by molar-refractivity contribution is 4.58. The molecular formula is C15H31NO2. The SMILES string of the molecule is CCCCCCCCCCC(CCCC)[N+](=O)[O-]. The highest BCUT2D eigenvalue weighted by Gasteiger charge is 2.17. The maximum absolute atomic E-state index is 10.8. The zero-order valence-corrected chi connectivity index (χ0v) is 12.3. The monoisotopic (exact) mass is 257 g/mol. The van der Waals surface area contributed by atoms with Crippen molar-refractivity contribution in [3.63, 3.8) is 0 Å². The molecule has 0 fully saturated rings. The van der Waals surface area contributed by atoms with Crippen molar-refractivity contribution in [3.8, 4) is 0 Å². The molecule has 0 saturated carbocycles. The second kappa shape index (κ2) is 12.8. The lowest BCUT2D eigenvalue weighted by atomic mass is 10.0. The van der Waals surface area contributed by atoms with E-state index in [9.17, 15) is 10.1 Å². The lowest BCUT2D eigenvalue weighted by Crippen LogP contribution is -2.19. The molecule has 3 heteroatoms. The fourth-order valence-corrected chi connectivity index (χ4v) is 2.31. The van der Waals surface area contributed by atoms with Gasteiger partial charge >= 0.3 is 0 Å². The Hall–Kier alpha value is -0.600. The van der Waals surface area contributed by atoms with E-state index < -0.39 is 0 Å². The molecule has 0 bridgehead atoms. The summed E-state index contributed by atoms with van der Waals surface area (Å²) >= 11 is 0. The normalized spacial score (nSPS) is 12.6. The molecule has 0 radical (unpaired) electrons. The van der Waals surface area contributed by atoms with Crippen LogP contribution in [0.1, 0.15) is 90.9 Å². The van der Waals surface area contributed by atoms with E-state index in [-0.39, 0.29) is 11.0 Å². The summed E-state index contributed by atoms with van der Waals surface area (Å²) in [5, 5.41) is 10.8. The van der Waals surface area contributed by atoms with Gasteiger partial charge in [-0.05, 0) is 12.8 Å². The van der Waals surface area contributed by atoms with E-state index in [1.807, 2.05) is 0 Å². The Bertz CT molecular complexity index is 195. The minimum absolute atomic E-state index is 0.0725. The number of unbranched alkanes of at least 4 members (excludes halogenated alkanes) is 8. The Labute approximate surface area is 113 Å². The zero-order valence-electron chi connectivity index (χ0n) is 12.3. The molecule has 0 amide bonds. The van der Waals surface area contributed by atoms with Gasteiger partial charge in [-0.2, -0.15) is 0 Å². The van der Waals surface area contributed by atoms with Crippen LogP contribution in [-0.2, 0) is 0 Å². The van der Waals surface area contributed by atoms with E-state index in [0.29, 0.717) is 0 Å². The average Bonchev–Trinajstić information content (AvgIpc) is 2.35. The van der Waals surface area contributed by atoms with Gasteiger partial charge in [-0.25, -0.2) is 0 Å². The smallest absolute Gasteiger partial charge is 0.213 e. The van der Waals surface area contributed by atoms with Gasteiger partial charge in [0.2, 0.25) is 6.04 Å². The van der Waals surface area contributed by atoms with Crippen molar-refractivity contribution in [1.82, 2.24) is 0 Å². The summed E-state index contributed by atoms with van der Waals surface area (Å²) in [6.45, 7) is 4.32. The number of hydrogen-bond acceptors (Lipinski definition) is 2.